The number of amides is 1. The molecule has 0 saturated carbocycles. The maximum atomic E-state index is 13.1. The molecule has 1 fully saturated rings. The molecule has 0 bridgehead atoms. The fraction of sp³-hybridized carbons (Fsp3) is 0.310. The lowest BCUT2D eigenvalue weighted by Gasteiger charge is -2.20. The first-order chi connectivity index (χ1) is 17.0. The quantitative estimate of drug-likeness (QED) is 0.300. The SMILES string of the molecule is CCc1ccccc1N1CC(c2nc3ccccc3n2CCOc2cc(C)c(Cl)c(C)c2)CC1=O. The first-order valence-electron chi connectivity index (χ1n) is 12.2. The molecule has 0 aliphatic carbocycles. The first kappa shape index (κ1) is 23.4. The van der Waals surface area contributed by atoms with Gasteiger partial charge in [-0.1, -0.05) is 48.9 Å². The maximum Gasteiger partial charge on any atom is 0.227 e. The van der Waals surface area contributed by atoms with E-state index in [2.05, 4.69) is 23.6 Å². The van der Waals surface area contributed by atoms with Crippen molar-refractivity contribution in [3.05, 3.63) is 88.2 Å². The van der Waals surface area contributed by atoms with Crippen LogP contribution in [0.5, 0.6) is 5.75 Å². The molecule has 5 nitrogen and oxygen atoms in total. The summed E-state index contributed by atoms with van der Waals surface area (Å²) in [6, 6.07) is 20.3. The van der Waals surface area contributed by atoms with E-state index in [1.807, 2.05) is 67.3 Å². The maximum absolute atomic E-state index is 13.1. The summed E-state index contributed by atoms with van der Waals surface area (Å²) in [5, 5.41) is 0.778. The summed E-state index contributed by atoms with van der Waals surface area (Å²) in [6.45, 7) is 7.88. The van der Waals surface area contributed by atoms with Crippen molar-refractivity contribution in [1.82, 2.24) is 9.55 Å². The van der Waals surface area contributed by atoms with Gasteiger partial charge in [-0.25, -0.2) is 4.98 Å². The van der Waals surface area contributed by atoms with Gasteiger partial charge >= 0.3 is 0 Å². The molecular weight excluding hydrogens is 458 g/mol. The third-order valence-corrected chi connectivity index (χ3v) is 7.43. The molecule has 1 atom stereocenters. The van der Waals surface area contributed by atoms with Gasteiger partial charge < -0.3 is 14.2 Å². The molecule has 1 aliphatic rings. The van der Waals surface area contributed by atoms with E-state index in [1.54, 1.807) is 0 Å². The largest absolute Gasteiger partial charge is 0.492 e. The van der Waals surface area contributed by atoms with Crippen molar-refractivity contribution in [2.24, 2.45) is 0 Å². The van der Waals surface area contributed by atoms with Crippen molar-refractivity contribution >= 4 is 34.2 Å². The molecule has 1 aliphatic heterocycles. The van der Waals surface area contributed by atoms with Gasteiger partial charge in [-0.2, -0.15) is 0 Å². The highest BCUT2D eigenvalue weighted by Crippen LogP contribution is 2.35. The number of aryl methyl sites for hydroxylation is 3. The lowest BCUT2D eigenvalue weighted by atomic mass is 10.1. The lowest BCUT2D eigenvalue weighted by molar-refractivity contribution is -0.117. The topological polar surface area (TPSA) is 47.4 Å². The van der Waals surface area contributed by atoms with E-state index in [9.17, 15) is 4.79 Å². The van der Waals surface area contributed by atoms with Crippen LogP contribution < -0.4 is 9.64 Å². The fourth-order valence-corrected chi connectivity index (χ4v) is 5.18. The van der Waals surface area contributed by atoms with Gasteiger partial charge in [-0.3, -0.25) is 4.79 Å². The predicted molar refractivity (Wildman–Crippen MR) is 142 cm³/mol. The molecule has 3 aromatic carbocycles. The van der Waals surface area contributed by atoms with E-state index in [4.69, 9.17) is 21.3 Å². The standard InChI is InChI=1S/C29H30ClN3O2/c1-4-21-9-5-7-11-25(21)33-18-22(17-27(33)34)29-31-24-10-6-8-12-26(24)32(29)13-14-35-23-15-19(2)28(30)20(3)16-23/h5-12,15-16,22H,4,13-14,17-18H2,1-3H3. The molecule has 6 heteroatoms. The summed E-state index contributed by atoms with van der Waals surface area (Å²) >= 11 is 6.31. The lowest BCUT2D eigenvalue weighted by Crippen LogP contribution is -2.25. The Morgan fingerprint density at radius 1 is 1.06 bits per heavy atom. The molecule has 1 saturated heterocycles. The summed E-state index contributed by atoms with van der Waals surface area (Å²) in [5.74, 6) is 1.94. The minimum Gasteiger partial charge on any atom is -0.492 e. The second-order valence-corrected chi connectivity index (χ2v) is 9.60. The van der Waals surface area contributed by atoms with E-state index in [1.165, 1.54) is 5.56 Å². The zero-order valence-electron chi connectivity index (χ0n) is 20.4. The summed E-state index contributed by atoms with van der Waals surface area (Å²) in [5.41, 5.74) is 6.23. The van der Waals surface area contributed by atoms with Crippen LogP contribution in [0, 0.1) is 13.8 Å². The van der Waals surface area contributed by atoms with E-state index in [0.717, 1.165) is 50.9 Å². The number of benzene rings is 3. The number of ether oxygens (including phenoxy) is 1. The van der Waals surface area contributed by atoms with Gasteiger partial charge in [0.25, 0.3) is 0 Å². The number of para-hydroxylation sites is 3. The second kappa shape index (κ2) is 9.74. The Morgan fingerprint density at radius 2 is 1.77 bits per heavy atom. The number of anilines is 1. The van der Waals surface area contributed by atoms with E-state index in [-0.39, 0.29) is 11.8 Å². The normalized spacial score (nSPS) is 15.8. The molecule has 35 heavy (non-hydrogen) atoms. The number of imidazole rings is 1. The van der Waals surface area contributed by atoms with Crippen LogP contribution in [0.3, 0.4) is 0 Å². The summed E-state index contributed by atoms with van der Waals surface area (Å²) in [6.07, 6.45) is 1.35. The van der Waals surface area contributed by atoms with Gasteiger partial charge in [0.1, 0.15) is 18.2 Å². The van der Waals surface area contributed by atoms with Crippen LogP contribution in [0.2, 0.25) is 5.02 Å². The molecule has 5 rings (SSSR count). The number of carbonyl (C=O) groups is 1. The highest BCUT2D eigenvalue weighted by atomic mass is 35.5. The summed E-state index contributed by atoms with van der Waals surface area (Å²) < 4.78 is 8.34. The van der Waals surface area contributed by atoms with Gasteiger partial charge in [0.15, 0.2) is 0 Å². The van der Waals surface area contributed by atoms with Crippen molar-refractivity contribution in [2.45, 2.75) is 46.1 Å². The third kappa shape index (κ3) is 4.53. The average molecular weight is 488 g/mol. The van der Waals surface area contributed by atoms with Crippen LogP contribution in [-0.2, 0) is 17.8 Å². The Kier molecular flexibility index (Phi) is 6.52. The van der Waals surface area contributed by atoms with Crippen LogP contribution in [0.15, 0.2) is 60.7 Å². The molecule has 0 spiro atoms. The molecule has 4 aromatic rings. The smallest absolute Gasteiger partial charge is 0.227 e. The number of rotatable bonds is 7. The van der Waals surface area contributed by atoms with Gasteiger partial charge in [-0.15, -0.1) is 0 Å². The average Bonchev–Trinajstić information content (AvgIpc) is 3.43. The number of halogens is 1. The molecule has 1 aromatic heterocycles. The second-order valence-electron chi connectivity index (χ2n) is 9.22. The van der Waals surface area contributed by atoms with Crippen LogP contribution in [0.1, 0.15) is 41.8 Å². The first-order valence-corrected chi connectivity index (χ1v) is 12.6. The van der Waals surface area contributed by atoms with Crippen LogP contribution in [0.25, 0.3) is 11.0 Å². The monoisotopic (exact) mass is 487 g/mol. The number of hydrogen-bond donors (Lipinski definition) is 0. The number of nitrogens with zero attached hydrogens (tertiary/aromatic N) is 3. The molecular formula is C29H30ClN3O2. The molecule has 1 amide bonds. The Balaban J connectivity index is 1.41. The van der Waals surface area contributed by atoms with Crippen LogP contribution in [-0.4, -0.2) is 28.6 Å². The van der Waals surface area contributed by atoms with E-state index in [0.29, 0.717) is 26.1 Å². The van der Waals surface area contributed by atoms with Gasteiger partial charge in [0.2, 0.25) is 5.91 Å². The molecule has 0 radical (unpaired) electrons. The Morgan fingerprint density at radius 3 is 2.54 bits per heavy atom. The summed E-state index contributed by atoms with van der Waals surface area (Å²) in [4.78, 5) is 20.0. The minimum absolute atomic E-state index is 0.0276. The molecule has 180 valence electrons. The Hall–Kier alpha value is -3.31. The van der Waals surface area contributed by atoms with Crippen molar-refractivity contribution in [3.63, 3.8) is 0 Å². The van der Waals surface area contributed by atoms with E-state index < -0.39 is 0 Å². The van der Waals surface area contributed by atoms with Gasteiger partial charge in [-0.05, 0) is 67.3 Å². The number of aromatic nitrogens is 2. The third-order valence-electron chi connectivity index (χ3n) is 6.83. The predicted octanol–water partition coefficient (Wildman–Crippen LogP) is 6.47. The highest BCUT2D eigenvalue weighted by Gasteiger charge is 2.35. The molecule has 0 N–H and O–H groups in total. The minimum atomic E-state index is 0.0276. The summed E-state index contributed by atoms with van der Waals surface area (Å²) in [7, 11) is 0. The van der Waals surface area contributed by atoms with Crippen LogP contribution in [0.4, 0.5) is 5.69 Å². The Bertz CT molecular complexity index is 1370. The fourth-order valence-electron chi connectivity index (χ4n) is 5.07. The van der Waals surface area contributed by atoms with Gasteiger partial charge in [0, 0.05) is 29.6 Å². The number of fused-ring (bicyclic) bond motifs is 1. The van der Waals surface area contributed by atoms with Gasteiger partial charge in [0.05, 0.1) is 17.6 Å². The molecule has 2 heterocycles. The highest BCUT2D eigenvalue weighted by molar-refractivity contribution is 6.32. The van der Waals surface area contributed by atoms with Crippen molar-refractivity contribution in [2.75, 3.05) is 18.1 Å². The van der Waals surface area contributed by atoms with Crippen LogP contribution >= 0.6 is 11.6 Å². The number of carbonyl (C=O) groups excluding carboxylic acids is 1. The Labute approximate surface area is 211 Å². The van der Waals surface area contributed by atoms with Crippen molar-refractivity contribution in [3.8, 4) is 5.75 Å². The molecule has 1 unspecified atom stereocenters. The zero-order valence-corrected chi connectivity index (χ0v) is 21.2. The number of hydrogen-bond acceptors (Lipinski definition) is 3. The van der Waals surface area contributed by atoms with Crippen molar-refractivity contribution < 1.29 is 9.53 Å². The van der Waals surface area contributed by atoms with Crippen molar-refractivity contribution in [1.29, 1.82) is 0 Å². The zero-order chi connectivity index (χ0) is 24.5. The van der Waals surface area contributed by atoms with E-state index >= 15 is 0 Å².